The van der Waals surface area contributed by atoms with Crippen LogP contribution in [0.5, 0.6) is 0 Å². The summed E-state index contributed by atoms with van der Waals surface area (Å²) in [5.74, 6) is 0.125. The van der Waals surface area contributed by atoms with Gasteiger partial charge in [-0.05, 0) is 54.6 Å². The van der Waals surface area contributed by atoms with E-state index in [0.29, 0.717) is 21.0 Å². The molecule has 0 fully saturated rings. The first-order valence-corrected chi connectivity index (χ1v) is 11.2. The molecule has 0 saturated carbocycles. The average molecular weight is 467 g/mol. The van der Waals surface area contributed by atoms with E-state index in [4.69, 9.17) is 5.10 Å². The molecule has 0 aliphatic heterocycles. The zero-order chi connectivity index (χ0) is 23.1. The molecule has 0 bridgehead atoms. The lowest BCUT2D eigenvalue weighted by molar-refractivity contribution is 0.628. The predicted octanol–water partition coefficient (Wildman–Crippen LogP) is 3.75. The van der Waals surface area contributed by atoms with Crippen LogP contribution in [-0.4, -0.2) is 29.4 Å². The molecule has 0 aliphatic carbocycles. The molecule has 0 spiro atoms. The lowest BCUT2D eigenvalue weighted by Gasteiger charge is -2.00. The molecule has 7 nitrogen and oxygen atoms in total. The number of aromatic nitrogens is 6. The lowest BCUT2D eigenvalue weighted by Crippen LogP contribution is -2.23. The smallest absolute Gasteiger partial charge is 0.266 e. The standard InChI is InChI=1S/C25H15FN6OS/c26-19-10-8-16(9-11-19)22-18(15-31(29-22)20-6-2-1-3-7-20)13-21-24(33)32-25(34-21)28-23(30-32)17-5-4-12-27-14-17/h1-15H/b21-13-. The molecule has 0 unspecified atom stereocenters. The first kappa shape index (κ1) is 20.1. The summed E-state index contributed by atoms with van der Waals surface area (Å²) < 4.78 is 17.0. The van der Waals surface area contributed by atoms with Crippen LogP contribution in [0.3, 0.4) is 0 Å². The summed E-state index contributed by atoms with van der Waals surface area (Å²) in [5.41, 5.74) is 3.46. The molecule has 0 amide bonds. The molecular formula is C25H15FN6OS. The van der Waals surface area contributed by atoms with E-state index in [1.807, 2.05) is 42.6 Å². The van der Waals surface area contributed by atoms with Crippen molar-refractivity contribution in [1.29, 1.82) is 0 Å². The summed E-state index contributed by atoms with van der Waals surface area (Å²) in [7, 11) is 0. The fraction of sp³-hybridized carbons (Fsp3) is 0. The van der Waals surface area contributed by atoms with Gasteiger partial charge in [-0.25, -0.2) is 9.07 Å². The van der Waals surface area contributed by atoms with E-state index in [0.717, 1.165) is 22.4 Å². The maximum absolute atomic E-state index is 13.5. The molecule has 9 heteroatoms. The first-order valence-electron chi connectivity index (χ1n) is 10.4. The topological polar surface area (TPSA) is 78.0 Å². The Balaban J connectivity index is 1.50. The molecule has 34 heavy (non-hydrogen) atoms. The highest BCUT2D eigenvalue weighted by Gasteiger charge is 2.15. The summed E-state index contributed by atoms with van der Waals surface area (Å²) in [5, 5.41) is 9.09. The Morgan fingerprint density at radius 3 is 2.47 bits per heavy atom. The molecule has 164 valence electrons. The molecular weight excluding hydrogens is 451 g/mol. The molecule has 4 aromatic heterocycles. The highest BCUT2D eigenvalue weighted by Crippen LogP contribution is 2.25. The number of hydrogen-bond acceptors (Lipinski definition) is 6. The van der Waals surface area contributed by atoms with Gasteiger partial charge in [0.1, 0.15) is 11.5 Å². The Morgan fingerprint density at radius 1 is 0.912 bits per heavy atom. The van der Waals surface area contributed by atoms with Crippen LogP contribution < -0.4 is 10.1 Å². The molecule has 0 saturated heterocycles. The first-order chi connectivity index (χ1) is 16.7. The molecule has 0 aliphatic rings. The molecule has 4 heterocycles. The lowest BCUT2D eigenvalue weighted by atomic mass is 10.1. The van der Waals surface area contributed by atoms with E-state index in [1.165, 1.54) is 28.0 Å². The number of hydrogen-bond donors (Lipinski definition) is 0. The van der Waals surface area contributed by atoms with Gasteiger partial charge in [0.25, 0.3) is 5.56 Å². The normalized spacial score (nSPS) is 12.0. The van der Waals surface area contributed by atoms with E-state index in [-0.39, 0.29) is 11.4 Å². The minimum atomic E-state index is -0.325. The van der Waals surface area contributed by atoms with Gasteiger partial charge in [-0.15, -0.1) is 5.10 Å². The predicted molar refractivity (Wildman–Crippen MR) is 128 cm³/mol. The number of rotatable bonds is 4. The van der Waals surface area contributed by atoms with Crippen molar-refractivity contribution in [2.45, 2.75) is 0 Å². The summed E-state index contributed by atoms with van der Waals surface area (Å²) in [6, 6.07) is 19.4. The van der Waals surface area contributed by atoms with E-state index >= 15 is 0 Å². The second kappa shape index (κ2) is 8.13. The zero-order valence-electron chi connectivity index (χ0n) is 17.5. The van der Waals surface area contributed by atoms with Gasteiger partial charge in [0.15, 0.2) is 5.82 Å². The largest absolute Gasteiger partial charge is 0.291 e. The van der Waals surface area contributed by atoms with Crippen LogP contribution in [0.15, 0.2) is 90.1 Å². The van der Waals surface area contributed by atoms with Crippen LogP contribution in [0, 0.1) is 5.82 Å². The van der Waals surface area contributed by atoms with Crippen LogP contribution in [-0.2, 0) is 0 Å². The number of benzene rings is 2. The molecule has 6 rings (SSSR count). The third-order valence-electron chi connectivity index (χ3n) is 5.27. The third-order valence-corrected chi connectivity index (χ3v) is 6.23. The van der Waals surface area contributed by atoms with E-state index in [9.17, 15) is 9.18 Å². The van der Waals surface area contributed by atoms with E-state index in [2.05, 4.69) is 15.1 Å². The number of pyridine rings is 1. The molecule has 0 radical (unpaired) electrons. The Labute approximate surface area is 196 Å². The number of fused-ring (bicyclic) bond motifs is 1. The molecule has 2 aromatic carbocycles. The van der Waals surface area contributed by atoms with Gasteiger partial charge in [-0.1, -0.05) is 29.5 Å². The second-order valence-electron chi connectivity index (χ2n) is 7.51. The van der Waals surface area contributed by atoms with Crippen molar-refractivity contribution in [3.05, 3.63) is 112 Å². The van der Waals surface area contributed by atoms with Crippen LogP contribution in [0.1, 0.15) is 5.56 Å². The quantitative estimate of drug-likeness (QED) is 0.395. The minimum Gasteiger partial charge on any atom is -0.266 e. The van der Waals surface area contributed by atoms with Gasteiger partial charge >= 0.3 is 0 Å². The van der Waals surface area contributed by atoms with Crippen molar-refractivity contribution < 1.29 is 4.39 Å². The Bertz CT molecular complexity index is 1720. The van der Waals surface area contributed by atoms with Crippen molar-refractivity contribution in [3.8, 4) is 28.3 Å². The fourth-order valence-corrected chi connectivity index (χ4v) is 4.53. The second-order valence-corrected chi connectivity index (χ2v) is 8.52. The monoisotopic (exact) mass is 466 g/mol. The molecule has 6 aromatic rings. The highest BCUT2D eigenvalue weighted by atomic mass is 32.1. The van der Waals surface area contributed by atoms with Crippen molar-refractivity contribution >= 4 is 22.4 Å². The summed E-state index contributed by atoms with van der Waals surface area (Å²) in [6.45, 7) is 0. The maximum Gasteiger partial charge on any atom is 0.291 e. The van der Waals surface area contributed by atoms with Gasteiger partial charge in [-0.2, -0.15) is 14.6 Å². The zero-order valence-corrected chi connectivity index (χ0v) is 18.4. The minimum absolute atomic E-state index is 0.264. The number of para-hydroxylation sites is 1. The van der Waals surface area contributed by atoms with Gasteiger partial charge in [0, 0.05) is 35.3 Å². The van der Waals surface area contributed by atoms with Gasteiger partial charge in [0.05, 0.1) is 10.2 Å². The number of halogens is 1. The number of nitrogens with zero attached hydrogens (tertiary/aromatic N) is 6. The van der Waals surface area contributed by atoms with Crippen LogP contribution in [0.2, 0.25) is 0 Å². The van der Waals surface area contributed by atoms with Crippen molar-refractivity contribution in [2.75, 3.05) is 0 Å². The van der Waals surface area contributed by atoms with Crippen LogP contribution in [0.25, 0.3) is 39.4 Å². The molecule has 0 N–H and O–H groups in total. The summed E-state index contributed by atoms with van der Waals surface area (Å²) in [4.78, 5) is 22.2. The Kier molecular flexibility index (Phi) is 4.81. The summed E-state index contributed by atoms with van der Waals surface area (Å²) >= 11 is 1.25. The fourth-order valence-electron chi connectivity index (χ4n) is 3.63. The highest BCUT2D eigenvalue weighted by molar-refractivity contribution is 7.15. The summed E-state index contributed by atoms with van der Waals surface area (Å²) in [6.07, 6.45) is 6.95. The third kappa shape index (κ3) is 3.57. The van der Waals surface area contributed by atoms with Gasteiger partial charge < -0.3 is 0 Å². The van der Waals surface area contributed by atoms with Gasteiger partial charge in [-0.3, -0.25) is 9.78 Å². The SMILES string of the molecule is O=c1/c(=C/c2cn(-c3ccccc3)nc2-c2ccc(F)cc2)sc2nc(-c3cccnc3)nn12. The van der Waals surface area contributed by atoms with Crippen molar-refractivity contribution in [2.24, 2.45) is 0 Å². The van der Waals surface area contributed by atoms with Crippen LogP contribution >= 0.6 is 11.3 Å². The van der Waals surface area contributed by atoms with Crippen molar-refractivity contribution in [1.82, 2.24) is 29.4 Å². The van der Waals surface area contributed by atoms with Gasteiger partial charge in [0.2, 0.25) is 4.96 Å². The van der Waals surface area contributed by atoms with Crippen LogP contribution in [0.4, 0.5) is 4.39 Å². The van der Waals surface area contributed by atoms with Crippen molar-refractivity contribution in [3.63, 3.8) is 0 Å². The molecule has 0 atom stereocenters. The number of thiazole rings is 1. The maximum atomic E-state index is 13.5. The van der Waals surface area contributed by atoms with E-state index in [1.54, 1.807) is 41.4 Å². The Morgan fingerprint density at radius 2 is 1.74 bits per heavy atom. The average Bonchev–Trinajstić information content (AvgIpc) is 3.56. The Hall–Kier alpha value is -4.50. The van der Waals surface area contributed by atoms with E-state index < -0.39 is 0 Å².